The molecule has 0 bridgehead atoms. The highest BCUT2D eigenvalue weighted by molar-refractivity contribution is 5.55. The van der Waals surface area contributed by atoms with Gasteiger partial charge in [-0.2, -0.15) is 0 Å². The van der Waals surface area contributed by atoms with E-state index in [1.54, 1.807) is 6.08 Å². The summed E-state index contributed by atoms with van der Waals surface area (Å²) in [6.45, 7) is 8.63. The second-order valence-corrected chi connectivity index (χ2v) is 5.43. The molecule has 0 aliphatic rings. The lowest BCUT2D eigenvalue weighted by molar-refractivity contribution is 0.0596. The molecule has 0 amide bonds. The van der Waals surface area contributed by atoms with Crippen molar-refractivity contribution < 1.29 is 5.11 Å². The summed E-state index contributed by atoms with van der Waals surface area (Å²) in [5.74, 6) is 0.0833. The summed E-state index contributed by atoms with van der Waals surface area (Å²) in [4.78, 5) is 2.08. The summed E-state index contributed by atoms with van der Waals surface area (Å²) in [5.41, 5.74) is 1.04. The predicted molar refractivity (Wildman–Crippen MR) is 83.0 cm³/mol. The topological polar surface area (TPSA) is 23.5 Å². The average molecular weight is 259 g/mol. The van der Waals surface area contributed by atoms with Gasteiger partial charge in [-0.15, -0.1) is 0 Å². The lowest BCUT2D eigenvalue weighted by Crippen LogP contribution is -2.40. The van der Waals surface area contributed by atoms with E-state index in [0.29, 0.717) is 0 Å². The maximum atomic E-state index is 10.9. The summed E-state index contributed by atoms with van der Waals surface area (Å²) in [6, 6.07) is 10.0. The molecule has 0 heterocycles. The zero-order chi connectivity index (χ0) is 14.5. The smallest absolute Gasteiger partial charge is 0.107 e. The summed E-state index contributed by atoms with van der Waals surface area (Å²) < 4.78 is 0. The number of hydrogen-bond acceptors (Lipinski definition) is 2. The summed E-state index contributed by atoms with van der Waals surface area (Å²) in [5, 5.41) is 10.9. The second kappa shape index (κ2) is 6.69. The van der Waals surface area contributed by atoms with E-state index in [2.05, 4.69) is 11.5 Å². The van der Waals surface area contributed by atoms with Gasteiger partial charge in [-0.25, -0.2) is 0 Å². The number of nitrogens with zero attached hydrogens (tertiary/aromatic N) is 1. The zero-order valence-corrected chi connectivity index (χ0v) is 12.4. The molecule has 1 N–H and O–H groups in total. The van der Waals surface area contributed by atoms with E-state index in [9.17, 15) is 5.11 Å². The lowest BCUT2D eigenvalue weighted by atomic mass is 9.81. The van der Waals surface area contributed by atoms with E-state index in [4.69, 9.17) is 0 Å². The monoisotopic (exact) mass is 259 g/mol. The van der Waals surface area contributed by atoms with Crippen molar-refractivity contribution in [3.8, 4) is 0 Å². The number of rotatable bonds is 6. The van der Waals surface area contributed by atoms with Crippen molar-refractivity contribution in [2.45, 2.75) is 19.4 Å². The maximum absolute atomic E-state index is 10.9. The van der Waals surface area contributed by atoms with Crippen molar-refractivity contribution in [2.24, 2.45) is 5.92 Å². The summed E-state index contributed by atoms with van der Waals surface area (Å²) >= 11 is 0. The van der Waals surface area contributed by atoms with E-state index >= 15 is 0 Å². The van der Waals surface area contributed by atoms with Crippen molar-refractivity contribution in [1.82, 2.24) is 4.90 Å². The van der Waals surface area contributed by atoms with Gasteiger partial charge in [-0.1, -0.05) is 56.0 Å². The molecule has 2 unspecified atom stereocenters. The molecule has 0 saturated carbocycles. The highest BCUT2D eigenvalue weighted by Crippen LogP contribution is 2.29. The van der Waals surface area contributed by atoms with E-state index < -0.39 is 5.60 Å². The minimum Gasteiger partial charge on any atom is -0.381 e. The molecule has 0 fully saturated rings. The molecule has 0 aliphatic carbocycles. The van der Waals surface area contributed by atoms with Crippen molar-refractivity contribution in [3.05, 3.63) is 54.1 Å². The Morgan fingerprint density at radius 1 is 1.37 bits per heavy atom. The van der Waals surface area contributed by atoms with Gasteiger partial charge >= 0.3 is 0 Å². The molecule has 1 aromatic carbocycles. The summed E-state index contributed by atoms with van der Waals surface area (Å²) in [7, 11) is 4.02. The molecule has 0 saturated heterocycles. The van der Waals surface area contributed by atoms with E-state index in [0.717, 1.165) is 17.7 Å². The quantitative estimate of drug-likeness (QED) is 0.793. The minimum absolute atomic E-state index is 0.0833. The Hall–Kier alpha value is -1.38. The van der Waals surface area contributed by atoms with Crippen LogP contribution in [0.5, 0.6) is 0 Å². The van der Waals surface area contributed by atoms with Crippen LogP contribution in [-0.4, -0.2) is 36.2 Å². The van der Waals surface area contributed by atoms with Gasteiger partial charge in [0.05, 0.1) is 0 Å². The molecule has 1 aromatic rings. The van der Waals surface area contributed by atoms with Crippen molar-refractivity contribution in [3.63, 3.8) is 0 Å². The Balaban J connectivity index is 3.01. The Morgan fingerprint density at radius 3 is 2.42 bits per heavy atom. The molecule has 2 nitrogen and oxygen atoms in total. The fourth-order valence-corrected chi connectivity index (χ4v) is 2.35. The Morgan fingerprint density at radius 2 is 1.95 bits per heavy atom. The molecule has 2 atom stereocenters. The number of benzene rings is 1. The summed E-state index contributed by atoms with van der Waals surface area (Å²) in [6.07, 6.45) is 3.67. The molecular formula is C17H25NO. The van der Waals surface area contributed by atoms with Crippen LogP contribution in [0.4, 0.5) is 0 Å². The van der Waals surface area contributed by atoms with Gasteiger partial charge in [-0.3, -0.25) is 0 Å². The van der Waals surface area contributed by atoms with E-state index in [1.807, 2.05) is 64.4 Å². The molecule has 0 aromatic heterocycles. The normalized spacial score (nSPS) is 17.1. The number of hydrogen-bond donors (Lipinski definition) is 1. The van der Waals surface area contributed by atoms with Gasteiger partial charge < -0.3 is 10.0 Å². The molecular weight excluding hydrogens is 234 g/mol. The van der Waals surface area contributed by atoms with Crippen LogP contribution in [0, 0.1) is 5.92 Å². The Labute approximate surface area is 117 Å². The third-order valence-electron chi connectivity index (χ3n) is 3.52. The van der Waals surface area contributed by atoms with Crippen molar-refractivity contribution in [1.29, 1.82) is 0 Å². The fourth-order valence-electron chi connectivity index (χ4n) is 2.35. The number of aliphatic hydroxyl groups is 1. The molecule has 0 aliphatic heterocycles. The first-order chi connectivity index (χ1) is 8.90. The molecule has 2 heteroatoms. The zero-order valence-electron chi connectivity index (χ0n) is 12.4. The van der Waals surface area contributed by atoms with Crippen LogP contribution in [0.3, 0.4) is 0 Å². The molecule has 1 rings (SSSR count). The third kappa shape index (κ3) is 4.05. The molecule has 0 spiro atoms. The third-order valence-corrected chi connectivity index (χ3v) is 3.52. The van der Waals surface area contributed by atoms with E-state index in [1.165, 1.54) is 0 Å². The highest BCUT2D eigenvalue weighted by atomic mass is 16.3. The highest BCUT2D eigenvalue weighted by Gasteiger charge is 2.32. The second-order valence-electron chi connectivity index (χ2n) is 5.43. The molecule has 104 valence electrons. The van der Waals surface area contributed by atoms with Crippen LogP contribution < -0.4 is 0 Å². The fraction of sp³-hybridized carbons (Fsp3) is 0.412. The van der Waals surface area contributed by atoms with Gasteiger partial charge in [0.1, 0.15) is 5.60 Å². The van der Waals surface area contributed by atoms with Crippen LogP contribution >= 0.6 is 0 Å². The maximum Gasteiger partial charge on any atom is 0.107 e. The van der Waals surface area contributed by atoms with E-state index in [-0.39, 0.29) is 5.92 Å². The standard InChI is InChI=1S/C17H25NO/c1-6-17(19,15(3)13-18(4)5)14(2)12-16-10-8-7-9-11-16/h6-12,15,19H,1,13H2,2-5H3/b14-12-. The Bertz CT molecular complexity index is 436. The van der Waals surface area contributed by atoms with Crippen LogP contribution in [0.1, 0.15) is 19.4 Å². The minimum atomic E-state index is -0.972. The first-order valence-corrected chi connectivity index (χ1v) is 6.64. The van der Waals surface area contributed by atoms with Crippen LogP contribution in [0.2, 0.25) is 0 Å². The predicted octanol–water partition coefficient (Wildman–Crippen LogP) is 3.20. The van der Waals surface area contributed by atoms with Gasteiger partial charge in [0.15, 0.2) is 0 Å². The molecule has 0 radical (unpaired) electrons. The van der Waals surface area contributed by atoms with Crippen LogP contribution in [0.25, 0.3) is 6.08 Å². The van der Waals surface area contributed by atoms with Gasteiger partial charge in [0, 0.05) is 12.5 Å². The van der Waals surface area contributed by atoms with Crippen molar-refractivity contribution >= 4 is 6.08 Å². The van der Waals surface area contributed by atoms with Gasteiger partial charge in [-0.05, 0) is 32.2 Å². The van der Waals surface area contributed by atoms with Gasteiger partial charge in [0.25, 0.3) is 0 Å². The first kappa shape index (κ1) is 15.7. The SMILES string of the molecule is C=CC(O)(/C(C)=C\c1ccccc1)C(C)CN(C)C. The lowest BCUT2D eigenvalue weighted by Gasteiger charge is -2.34. The van der Waals surface area contributed by atoms with Gasteiger partial charge in [0.2, 0.25) is 0 Å². The average Bonchev–Trinajstić information content (AvgIpc) is 2.37. The van der Waals surface area contributed by atoms with Crippen LogP contribution in [0.15, 0.2) is 48.6 Å². The largest absolute Gasteiger partial charge is 0.381 e. The van der Waals surface area contributed by atoms with Crippen LogP contribution in [-0.2, 0) is 0 Å². The Kier molecular flexibility index (Phi) is 5.52. The van der Waals surface area contributed by atoms with Crippen molar-refractivity contribution in [2.75, 3.05) is 20.6 Å². The molecule has 19 heavy (non-hydrogen) atoms. The first-order valence-electron chi connectivity index (χ1n) is 6.64.